The second-order valence-electron chi connectivity index (χ2n) is 9.19. The minimum atomic E-state index is -0.991. The van der Waals surface area contributed by atoms with Crippen molar-refractivity contribution >= 4 is 17.7 Å². The molecule has 5 nitrogen and oxygen atoms in total. The molecule has 0 fully saturated rings. The molecular weight excluding hydrogens is 380 g/mol. The monoisotopic (exact) mass is 424 g/mol. The van der Waals surface area contributed by atoms with Crippen LogP contribution in [0.25, 0.3) is 0 Å². The molecule has 0 aromatic heterocycles. The van der Waals surface area contributed by atoms with E-state index in [0.717, 1.165) is 44.9 Å². The number of carbonyl (C=O) groups excluding carboxylic acids is 2. The van der Waals surface area contributed by atoms with E-state index in [1.54, 1.807) is 20.8 Å². The van der Waals surface area contributed by atoms with Crippen LogP contribution in [0.1, 0.15) is 118 Å². The number of aliphatic carboxylic acids is 1. The standard InChI is InChI=1S/C25H44O5/c1-5-6-7-11-15-18-22(26)19-16-13-10-8-9-12-14-17-21(20-23(27)28)24(29)30-25(2,3)4/h12,14,21H,5-11,13,15-20H2,1-4H3,(H,27,28)/b14-12+/t21-/m0/s1. The maximum absolute atomic E-state index is 12.2. The highest BCUT2D eigenvalue weighted by Gasteiger charge is 2.26. The van der Waals surface area contributed by atoms with Crippen LogP contribution in [0.4, 0.5) is 0 Å². The van der Waals surface area contributed by atoms with E-state index in [1.807, 2.05) is 12.2 Å². The average Bonchev–Trinajstić information content (AvgIpc) is 2.63. The summed E-state index contributed by atoms with van der Waals surface area (Å²) in [7, 11) is 0. The number of hydrogen-bond acceptors (Lipinski definition) is 4. The summed E-state index contributed by atoms with van der Waals surface area (Å²) in [6, 6.07) is 0. The Bertz CT molecular complexity index is 516. The molecule has 5 heteroatoms. The number of rotatable bonds is 18. The summed E-state index contributed by atoms with van der Waals surface area (Å²) in [5, 5.41) is 9.02. The van der Waals surface area contributed by atoms with Gasteiger partial charge in [0, 0.05) is 12.8 Å². The molecule has 0 saturated carbocycles. The van der Waals surface area contributed by atoms with Gasteiger partial charge in [0.05, 0.1) is 12.3 Å². The quantitative estimate of drug-likeness (QED) is 0.152. The highest BCUT2D eigenvalue weighted by atomic mass is 16.6. The molecule has 0 rings (SSSR count). The van der Waals surface area contributed by atoms with Gasteiger partial charge < -0.3 is 9.84 Å². The van der Waals surface area contributed by atoms with Crippen molar-refractivity contribution < 1.29 is 24.2 Å². The number of ether oxygens (including phenoxy) is 1. The fourth-order valence-electron chi connectivity index (χ4n) is 3.23. The molecule has 174 valence electrons. The number of ketones is 1. The largest absolute Gasteiger partial charge is 0.481 e. The Labute approximate surface area is 183 Å². The molecule has 0 aliphatic carbocycles. The van der Waals surface area contributed by atoms with Gasteiger partial charge in [0.2, 0.25) is 0 Å². The lowest BCUT2D eigenvalue weighted by Crippen LogP contribution is -2.29. The van der Waals surface area contributed by atoms with Crippen LogP contribution in [0.5, 0.6) is 0 Å². The fraction of sp³-hybridized carbons (Fsp3) is 0.800. The third-order valence-electron chi connectivity index (χ3n) is 4.88. The summed E-state index contributed by atoms with van der Waals surface area (Å²) >= 11 is 0. The first-order valence-corrected chi connectivity index (χ1v) is 11.8. The summed E-state index contributed by atoms with van der Waals surface area (Å²) < 4.78 is 5.32. The van der Waals surface area contributed by atoms with Crippen molar-refractivity contribution in [2.75, 3.05) is 0 Å². The van der Waals surface area contributed by atoms with Gasteiger partial charge in [0.25, 0.3) is 0 Å². The van der Waals surface area contributed by atoms with E-state index in [9.17, 15) is 14.4 Å². The number of allylic oxidation sites excluding steroid dienone is 2. The summed E-state index contributed by atoms with van der Waals surface area (Å²) in [6.07, 6.45) is 16.5. The number of Topliss-reactive ketones (excluding diaryl/α,β-unsaturated/α-hetero) is 1. The van der Waals surface area contributed by atoms with Gasteiger partial charge in [-0.2, -0.15) is 0 Å². The molecule has 0 unspecified atom stereocenters. The van der Waals surface area contributed by atoms with Crippen LogP contribution in [0, 0.1) is 5.92 Å². The van der Waals surface area contributed by atoms with E-state index in [1.165, 1.54) is 25.7 Å². The second-order valence-corrected chi connectivity index (χ2v) is 9.19. The third kappa shape index (κ3) is 18.4. The lowest BCUT2D eigenvalue weighted by molar-refractivity contribution is -0.162. The van der Waals surface area contributed by atoms with Crippen molar-refractivity contribution in [3.8, 4) is 0 Å². The maximum atomic E-state index is 12.2. The molecular formula is C25H44O5. The summed E-state index contributed by atoms with van der Waals surface area (Å²) in [5.74, 6) is -1.69. The van der Waals surface area contributed by atoms with E-state index in [4.69, 9.17) is 9.84 Å². The molecule has 0 aromatic carbocycles. The Balaban J connectivity index is 3.88. The van der Waals surface area contributed by atoms with E-state index in [0.29, 0.717) is 18.6 Å². The Morgan fingerprint density at radius 3 is 1.97 bits per heavy atom. The Morgan fingerprint density at radius 2 is 1.43 bits per heavy atom. The van der Waals surface area contributed by atoms with E-state index < -0.39 is 23.5 Å². The van der Waals surface area contributed by atoms with Gasteiger partial charge in [0.1, 0.15) is 11.4 Å². The molecule has 0 aliphatic rings. The fourth-order valence-corrected chi connectivity index (χ4v) is 3.23. The first-order valence-electron chi connectivity index (χ1n) is 11.8. The number of carbonyl (C=O) groups is 3. The molecule has 0 aliphatic heterocycles. The lowest BCUT2D eigenvalue weighted by Gasteiger charge is -2.22. The third-order valence-corrected chi connectivity index (χ3v) is 4.88. The van der Waals surface area contributed by atoms with Gasteiger partial charge in [-0.1, -0.05) is 57.6 Å². The maximum Gasteiger partial charge on any atom is 0.310 e. The van der Waals surface area contributed by atoms with Crippen LogP contribution in [0.15, 0.2) is 12.2 Å². The normalized spacial score (nSPS) is 12.8. The Kier molecular flexibility index (Phi) is 16.1. The van der Waals surface area contributed by atoms with E-state index in [-0.39, 0.29) is 6.42 Å². The van der Waals surface area contributed by atoms with Crippen LogP contribution in [0.2, 0.25) is 0 Å². The first-order chi connectivity index (χ1) is 14.2. The van der Waals surface area contributed by atoms with Gasteiger partial charge in [-0.3, -0.25) is 14.4 Å². The van der Waals surface area contributed by atoms with Gasteiger partial charge in [0.15, 0.2) is 0 Å². The molecule has 0 heterocycles. The predicted molar refractivity (Wildman–Crippen MR) is 121 cm³/mol. The van der Waals surface area contributed by atoms with Crippen molar-refractivity contribution in [2.24, 2.45) is 5.92 Å². The lowest BCUT2D eigenvalue weighted by atomic mass is 10.00. The van der Waals surface area contributed by atoms with Crippen LogP contribution < -0.4 is 0 Å². The minimum absolute atomic E-state index is 0.216. The molecule has 0 bridgehead atoms. The summed E-state index contributed by atoms with van der Waals surface area (Å²) in [6.45, 7) is 7.53. The van der Waals surface area contributed by atoms with E-state index in [2.05, 4.69) is 6.92 Å². The second kappa shape index (κ2) is 17.1. The SMILES string of the molecule is CCCCCCCC(=O)CCCCCC/C=C/C[C@@H](CC(=O)O)C(=O)OC(C)(C)C. The number of esters is 1. The highest BCUT2D eigenvalue weighted by Crippen LogP contribution is 2.18. The van der Waals surface area contributed by atoms with Crippen molar-refractivity contribution in [3.63, 3.8) is 0 Å². The highest BCUT2D eigenvalue weighted by molar-refractivity contribution is 5.79. The van der Waals surface area contributed by atoms with E-state index >= 15 is 0 Å². The van der Waals surface area contributed by atoms with Crippen LogP contribution in [-0.2, 0) is 19.1 Å². The molecule has 1 N–H and O–H groups in total. The van der Waals surface area contributed by atoms with Crippen LogP contribution in [-0.4, -0.2) is 28.4 Å². The van der Waals surface area contributed by atoms with Gasteiger partial charge in [-0.05, 0) is 52.9 Å². The van der Waals surface area contributed by atoms with Gasteiger partial charge >= 0.3 is 11.9 Å². The minimum Gasteiger partial charge on any atom is -0.481 e. The summed E-state index contributed by atoms with van der Waals surface area (Å²) in [5.41, 5.74) is -0.617. The number of carboxylic acid groups (broad SMARTS) is 1. The zero-order valence-electron chi connectivity index (χ0n) is 19.7. The number of unbranched alkanes of at least 4 members (excludes halogenated alkanes) is 8. The Hall–Kier alpha value is -1.65. The predicted octanol–water partition coefficient (Wildman–Crippen LogP) is 6.64. The zero-order valence-corrected chi connectivity index (χ0v) is 19.7. The zero-order chi connectivity index (χ0) is 22.8. The molecule has 0 radical (unpaired) electrons. The van der Waals surface area contributed by atoms with Crippen LogP contribution >= 0.6 is 0 Å². The first kappa shape index (κ1) is 28.4. The van der Waals surface area contributed by atoms with Crippen molar-refractivity contribution in [2.45, 2.75) is 123 Å². The van der Waals surface area contributed by atoms with Crippen molar-refractivity contribution in [3.05, 3.63) is 12.2 Å². The number of hydrogen-bond donors (Lipinski definition) is 1. The average molecular weight is 425 g/mol. The Morgan fingerprint density at radius 1 is 0.867 bits per heavy atom. The molecule has 0 spiro atoms. The number of carboxylic acids is 1. The van der Waals surface area contributed by atoms with Gasteiger partial charge in [-0.15, -0.1) is 0 Å². The van der Waals surface area contributed by atoms with Crippen LogP contribution in [0.3, 0.4) is 0 Å². The summed E-state index contributed by atoms with van der Waals surface area (Å²) in [4.78, 5) is 35.0. The molecule has 1 atom stereocenters. The molecule has 30 heavy (non-hydrogen) atoms. The van der Waals surface area contributed by atoms with Crippen molar-refractivity contribution in [1.29, 1.82) is 0 Å². The molecule has 0 saturated heterocycles. The molecule has 0 amide bonds. The smallest absolute Gasteiger partial charge is 0.310 e. The topological polar surface area (TPSA) is 80.7 Å². The van der Waals surface area contributed by atoms with Crippen molar-refractivity contribution in [1.82, 2.24) is 0 Å². The van der Waals surface area contributed by atoms with Gasteiger partial charge in [-0.25, -0.2) is 0 Å². The molecule has 0 aromatic rings.